The molecule has 24 heavy (non-hydrogen) atoms. The van der Waals surface area contributed by atoms with E-state index in [2.05, 4.69) is 4.72 Å². The van der Waals surface area contributed by atoms with E-state index in [4.69, 9.17) is 0 Å². The molecule has 1 aliphatic rings. The summed E-state index contributed by atoms with van der Waals surface area (Å²) in [6.07, 6.45) is 1.43. The van der Waals surface area contributed by atoms with Crippen LogP contribution in [0.15, 0.2) is 24.3 Å². The molecule has 0 bridgehead atoms. The van der Waals surface area contributed by atoms with E-state index in [9.17, 15) is 17.6 Å². The van der Waals surface area contributed by atoms with Gasteiger partial charge < -0.3 is 4.90 Å². The molecule has 1 aliphatic heterocycles. The third-order valence-electron chi connectivity index (χ3n) is 4.15. The molecular weight excluding hydrogens is 331 g/mol. The molecule has 1 aromatic carbocycles. The van der Waals surface area contributed by atoms with Gasteiger partial charge in [0.25, 0.3) is 5.91 Å². The average molecular weight is 356 g/mol. The predicted octanol–water partition coefficient (Wildman–Crippen LogP) is 2.25. The molecule has 1 fully saturated rings. The number of hydrogen-bond acceptors (Lipinski definition) is 3. The molecule has 7 heteroatoms. The van der Waals surface area contributed by atoms with Crippen LogP contribution in [0.2, 0.25) is 0 Å². The number of nitrogens with one attached hydrogen (secondary N) is 1. The Hall–Kier alpha value is -1.47. The zero-order chi connectivity index (χ0) is 17.7. The highest BCUT2D eigenvalue weighted by Gasteiger charge is 2.26. The molecule has 0 aliphatic carbocycles. The lowest BCUT2D eigenvalue weighted by molar-refractivity contribution is 0.0687. The summed E-state index contributed by atoms with van der Waals surface area (Å²) in [6, 6.07) is 5.97. The maximum Gasteiger partial charge on any atom is 0.256 e. The smallest absolute Gasteiger partial charge is 0.256 e. The number of sulfonamides is 1. The first-order valence-electron chi connectivity index (χ1n) is 8.29. The molecule has 134 valence electrons. The summed E-state index contributed by atoms with van der Waals surface area (Å²) in [5.74, 6) is -0.394. The van der Waals surface area contributed by atoms with Crippen molar-refractivity contribution in [3.8, 4) is 0 Å². The first-order chi connectivity index (χ1) is 11.3. The van der Waals surface area contributed by atoms with Crippen molar-refractivity contribution in [1.29, 1.82) is 0 Å². The second kappa shape index (κ2) is 8.07. The lowest BCUT2D eigenvalue weighted by Crippen LogP contribution is -2.42. The van der Waals surface area contributed by atoms with Crippen molar-refractivity contribution >= 4 is 15.9 Å². The lowest BCUT2D eigenvalue weighted by Gasteiger charge is -2.32. The first-order valence-corrected chi connectivity index (χ1v) is 9.95. The van der Waals surface area contributed by atoms with Crippen molar-refractivity contribution in [2.45, 2.75) is 26.7 Å². The fourth-order valence-electron chi connectivity index (χ4n) is 2.89. The highest BCUT2D eigenvalue weighted by atomic mass is 32.2. The van der Waals surface area contributed by atoms with E-state index >= 15 is 0 Å². The molecular formula is C17H25FN2O3S. The molecule has 0 radical (unpaired) electrons. The summed E-state index contributed by atoms with van der Waals surface area (Å²) < 4.78 is 40.1. The van der Waals surface area contributed by atoms with Gasteiger partial charge in [0, 0.05) is 19.6 Å². The van der Waals surface area contributed by atoms with Crippen molar-refractivity contribution < 1.29 is 17.6 Å². The van der Waals surface area contributed by atoms with Crippen LogP contribution in [0, 0.1) is 17.7 Å². The number of carbonyl (C=O) groups is 1. The van der Waals surface area contributed by atoms with Crippen molar-refractivity contribution in [3.05, 3.63) is 35.6 Å². The van der Waals surface area contributed by atoms with Gasteiger partial charge in [-0.3, -0.25) is 4.79 Å². The molecule has 0 aromatic heterocycles. The summed E-state index contributed by atoms with van der Waals surface area (Å²) in [6.45, 7) is 5.17. The van der Waals surface area contributed by atoms with Crippen molar-refractivity contribution in [1.82, 2.24) is 9.62 Å². The Bertz CT molecular complexity index is 668. The van der Waals surface area contributed by atoms with Crippen LogP contribution in [0.5, 0.6) is 0 Å². The quantitative estimate of drug-likeness (QED) is 0.850. The summed E-state index contributed by atoms with van der Waals surface area (Å²) in [4.78, 5) is 14.0. The van der Waals surface area contributed by atoms with Gasteiger partial charge in [-0.15, -0.1) is 0 Å². The molecule has 0 atom stereocenters. The van der Waals surface area contributed by atoms with Gasteiger partial charge in [-0.25, -0.2) is 17.5 Å². The fourth-order valence-corrected chi connectivity index (χ4v) is 4.37. The minimum atomic E-state index is -3.24. The number of piperidine rings is 1. The first kappa shape index (κ1) is 18.9. The third-order valence-corrected chi connectivity index (χ3v) is 5.86. The van der Waals surface area contributed by atoms with Gasteiger partial charge in [-0.1, -0.05) is 26.0 Å². The van der Waals surface area contributed by atoms with Crippen LogP contribution in [0.3, 0.4) is 0 Å². The highest BCUT2D eigenvalue weighted by Crippen LogP contribution is 2.20. The maximum atomic E-state index is 13.7. The van der Waals surface area contributed by atoms with Crippen LogP contribution < -0.4 is 4.72 Å². The molecule has 2 rings (SSSR count). The van der Waals surface area contributed by atoms with E-state index in [1.807, 2.05) is 13.8 Å². The zero-order valence-electron chi connectivity index (χ0n) is 14.2. The SMILES string of the molecule is CC(C)CS(=O)(=O)NCC1CCN(C(=O)c2ccccc2F)CC1. The van der Waals surface area contributed by atoms with Crippen molar-refractivity contribution in [2.75, 3.05) is 25.4 Å². The van der Waals surface area contributed by atoms with Crippen LogP contribution in [0.1, 0.15) is 37.0 Å². The minimum absolute atomic E-state index is 0.0859. The Morgan fingerprint density at radius 1 is 1.29 bits per heavy atom. The van der Waals surface area contributed by atoms with E-state index in [0.29, 0.717) is 32.5 Å². The number of rotatable bonds is 6. The number of hydrogen-bond donors (Lipinski definition) is 1. The molecule has 0 saturated carbocycles. The average Bonchev–Trinajstić information content (AvgIpc) is 2.52. The predicted molar refractivity (Wildman–Crippen MR) is 91.7 cm³/mol. The molecule has 0 spiro atoms. The molecule has 1 saturated heterocycles. The van der Waals surface area contributed by atoms with Gasteiger partial charge in [-0.05, 0) is 36.8 Å². The van der Waals surface area contributed by atoms with Gasteiger partial charge in [0.2, 0.25) is 10.0 Å². The van der Waals surface area contributed by atoms with Gasteiger partial charge >= 0.3 is 0 Å². The number of benzene rings is 1. The largest absolute Gasteiger partial charge is 0.339 e. The summed E-state index contributed by atoms with van der Waals surface area (Å²) in [5, 5.41) is 0. The van der Waals surface area contributed by atoms with Crippen LogP contribution in [0.25, 0.3) is 0 Å². The molecule has 1 amide bonds. The summed E-state index contributed by atoms with van der Waals surface area (Å²) in [5.41, 5.74) is 0.0913. The molecule has 5 nitrogen and oxygen atoms in total. The number of amides is 1. The topological polar surface area (TPSA) is 66.5 Å². The number of nitrogens with zero attached hydrogens (tertiary/aromatic N) is 1. The second-order valence-electron chi connectivity index (χ2n) is 6.74. The van der Waals surface area contributed by atoms with Gasteiger partial charge in [0.1, 0.15) is 5.82 Å². The lowest BCUT2D eigenvalue weighted by atomic mass is 9.96. The normalized spacial score (nSPS) is 16.6. The molecule has 0 unspecified atom stereocenters. The minimum Gasteiger partial charge on any atom is -0.339 e. The third kappa shape index (κ3) is 5.27. The van der Waals surface area contributed by atoms with Crippen LogP contribution >= 0.6 is 0 Å². The van der Waals surface area contributed by atoms with E-state index in [1.54, 1.807) is 17.0 Å². The summed E-state index contributed by atoms with van der Waals surface area (Å²) in [7, 11) is -3.24. The van der Waals surface area contributed by atoms with E-state index in [0.717, 1.165) is 0 Å². The van der Waals surface area contributed by atoms with Gasteiger partial charge in [0.05, 0.1) is 11.3 Å². The monoisotopic (exact) mass is 356 g/mol. The standard InChI is InChI=1S/C17H25FN2O3S/c1-13(2)12-24(22,23)19-11-14-7-9-20(10-8-14)17(21)15-5-3-4-6-16(15)18/h3-6,13-14,19H,7-12H2,1-2H3. The Morgan fingerprint density at radius 3 is 2.50 bits per heavy atom. The highest BCUT2D eigenvalue weighted by molar-refractivity contribution is 7.89. The van der Waals surface area contributed by atoms with Crippen molar-refractivity contribution in [3.63, 3.8) is 0 Å². The molecule has 1 N–H and O–H groups in total. The van der Waals surface area contributed by atoms with E-state index in [1.165, 1.54) is 12.1 Å². The molecule has 1 aromatic rings. The zero-order valence-corrected chi connectivity index (χ0v) is 15.0. The summed E-state index contributed by atoms with van der Waals surface area (Å²) >= 11 is 0. The Kier molecular flexibility index (Phi) is 6.34. The Morgan fingerprint density at radius 2 is 1.92 bits per heavy atom. The maximum absolute atomic E-state index is 13.7. The Balaban J connectivity index is 1.83. The number of carbonyl (C=O) groups excluding carboxylic acids is 1. The van der Waals surface area contributed by atoms with E-state index < -0.39 is 15.8 Å². The molecule has 1 heterocycles. The van der Waals surface area contributed by atoms with Crippen molar-refractivity contribution in [2.24, 2.45) is 11.8 Å². The Labute approximate surface area is 143 Å². The van der Waals surface area contributed by atoms with Crippen LogP contribution in [0.4, 0.5) is 4.39 Å². The van der Waals surface area contributed by atoms with Crippen LogP contribution in [-0.2, 0) is 10.0 Å². The van der Waals surface area contributed by atoms with Gasteiger partial charge in [0.15, 0.2) is 0 Å². The van der Waals surface area contributed by atoms with Gasteiger partial charge in [-0.2, -0.15) is 0 Å². The second-order valence-corrected chi connectivity index (χ2v) is 8.59. The van der Waals surface area contributed by atoms with Crippen LogP contribution in [-0.4, -0.2) is 44.6 Å². The van der Waals surface area contributed by atoms with E-state index in [-0.39, 0.29) is 29.1 Å². The fraction of sp³-hybridized carbons (Fsp3) is 0.588. The number of halogens is 1. The number of likely N-dealkylation sites (tertiary alicyclic amines) is 1.